The fraction of sp³-hybridized carbons (Fsp3) is 0.176. The quantitative estimate of drug-likeness (QED) is 0.701. The van der Waals surface area contributed by atoms with Crippen LogP contribution in [-0.2, 0) is 0 Å². The molecule has 0 saturated carbocycles. The van der Waals surface area contributed by atoms with Crippen LogP contribution in [0.4, 0.5) is 0 Å². The second-order valence-corrected chi connectivity index (χ2v) is 4.85. The highest BCUT2D eigenvalue weighted by molar-refractivity contribution is 6.02. The van der Waals surface area contributed by atoms with Gasteiger partial charge in [0.15, 0.2) is 0 Å². The van der Waals surface area contributed by atoms with E-state index in [0.29, 0.717) is 6.42 Å². The molecule has 2 nitrogen and oxygen atoms in total. The topological polar surface area (TPSA) is 46.2 Å². The van der Waals surface area contributed by atoms with Gasteiger partial charge in [0, 0.05) is 12.6 Å². The lowest BCUT2D eigenvalue weighted by atomic mass is 9.91. The lowest BCUT2D eigenvalue weighted by molar-refractivity contribution is 0.277. The maximum Gasteiger partial charge on any atom is 0.0449 e. The average Bonchev–Trinajstić information content (AvgIpc) is 2.44. The van der Waals surface area contributed by atoms with Gasteiger partial charge in [0.1, 0.15) is 0 Å². The van der Waals surface area contributed by atoms with E-state index in [1.54, 1.807) is 0 Å². The number of benzene rings is 3. The number of hydrogen-bond donors (Lipinski definition) is 2. The van der Waals surface area contributed by atoms with Gasteiger partial charge < -0.3 is 10.8 Å². The van der Waals surface area contributed by atoms with Crippen LogP contribution in [0.3, 0.4) is 0 Å². The highest BCUT2D eigenvalue weighted by Crippen LogP contribution is 2.32. The summed E-state index contributed by atoms with van der Waals surface area (Å²) >= 11 is 0. The number of rotatable bonds is 3. The van der Waals surface area contributed by atoms with E-state index in [4.69, 9.17) is 10.8 Å². The summed E-state index contributed by atoms with van der Waals surface area (Å²) in [5.41, 5.74) is 7.42. The molecule has 0 aromatic heterocycles. The number of hydrogen-bond acceptors (Lipinski definition) is 2. The maximum absolute atomic E-state index is 9.16. The molecule has 3 N–H and O–H groups in total. The van der Waals surface area contributed by atoms with E-state index in [0.717, 1.165) is 5.56 Å². The second-order valence-electron chi connectivity index (χ2n) is 4.85. The second kappa shape index (κ2) is 5.00. The van der Waals surface area contributed by atoms with E-state index < -0.39 is 0 Å². The van der Waals surface area contributed by atoms with Crippen molar-refractivity contribution in [2.45, 2.75) is 12.5 Å². The van der Waals surface area contributed by atoms with Crippen molar-refractivity contribution in [3.63, 3.8) is 0 Å². The van der Waals surface area contributed by atoms with Crippen molar-refractivity contribution in [3.8, 4) is 0 Å². The van der Waals surface area contributed by atoms with Gasteiger partial charge in [0.25, 0.3) is 0 Å². The lowest BCUT2D eigenvalue weighted by Crippen LogP contribution is -2.13. The summed E-state index contributed by atoms with van der Waals surface area (Å²) in [7, 11) is 0. The van der Waals surface area contributed by atoms with Crippen LogP contribution >= 0.6 is 0 Å². The molecule has 96 valence electrons. The molecule has 3 aromatic rings. The first-order chi connectivity index (χ1) is 9.31. The minimum Gasteiger partial charge on any atom is -0.396 e. The summed E-state index contributed by atoms with van der Waals surface area (Å²) in [5, 5.41) is 13.9. The van der Waals surface area contributed by atoms with Crippen LogP contribution in [0.1, 0.15) is 18.0 Å². The molecule has 0 heterocycles. The highest BCUT2D eigenvalue weighted by Gasteiger charge is 2.13. The Morgan fingerprint density at radius 2 is 1.42 bits per heavy atom. The van der Waals surface area contributed by atoms with Gasteiger partial charge in [-0.2, -0.15) is 0 Å². The Bertz CT molecular complexity index is 667. The summed E-state index contributed by atoms with van der Waals surface area (Å²) in [6.45, 7) is 0.110. The van der Waals surface area contributed by atoms with Crippen LogP contribution in [0.15, 0.2) is 54.6 Å². The van der Waals surface area contributed by atoms with Crippen molar-refractivity contribution in [3.05, 3.63) is 60.2 Å². The third kappa shape index (κ3) is 2.09. The predicted molar refractivity (Wildman–Crippen MR) is 80.1 cm³/mol. The number of aliphatic hydroxyl groups is 1. The average molecular weight is 251 g/mol. The molecule has 0 radical (unpaired) electrons. The molecule has 3 rings (SSSR count). The van der Waals surface area contributed by atoms with Gasteiger partial charge in [-0.15, -0.1) is 0 Å². The van der Waals surface area contributed by atoms with Crippen LogP contribution in [-0.4, -0.2) is 11.7 Å². The minimum atomic E-state index is -0.138. The molecule has 0 fully saturated rings. The molecule has 0 bridgehead atoms. The highest BCUT2D eigenvalue weighted by atomic mass is 16.3. The number of fused-ring (bicyclic) bond motifs is 2. The zero-order valence-electron chi connectivity index (χ0n) is 10.7. The summed E-state index contributed by atoms with van der Waals surface area (Å²) in [4.78, 5) is 0. The van der Waals surface area contributed by atoms with Crippen LogP contribution < -0.4 is 5.73 Å². The van der Waals surface area contributed by atoms with Gasteiger partial charge >= 0.3 is 0 Å². The smallest absolute Gasteiger partial charge is 0.0449 e. The van der Waals surface area contributed by atoms with Crippen molar-refractivity contribution in [1.82, 2.24) is 0 Å². The molecule has 0 aliphatic rings. The van der Waals surface area contributed by atoms with Crippen LogP contribution in [0.25, 0.3) is 21.5 Å². The van der Waals surface area contributed by atoms with Crippen molar-refractivity contribution >= 4 is 21.5 Å². The first-order valence-corrected chi connectivity index (χ1v) is 6.58. The standard InChI is InChI=1S/C17H17NO/c18-16(9-10-19)17-14-7-3-1-5-12(14)11-13-6-2-4-8-15(13)17/h1-8,11,16,19H,9-10,18H2/t16-/m1/s1. The van der Waals surface area contributed by atoms with Gasteiger partial charge in [0.05, 0.1) is 0 Å². The Kier molecular flexibility index (Phi) is 3.20. The molecule has 0 amide bonds. The molecule has 1 atom stereocenters. The summed E-state index contributed by atoms with van der Waals surface area (Å²) in [5.74, 6) is 0. The molecule has 0 saturated heterocycles. The maximum atomic E-state index is 9.16. The van der Waals surface area contributed by atoms with E-state index in [1.807, 2.05) is 24.3 Å². The molecule has 3 aromatic carbocycles. The van der Waals surface area contributed by atoms with Crippen LogP contribution in [0.5, 0.6) is 0 Å². The molecule has 0 aliphatic carbocycles. The third-order valence-electron chi connectivity index (χ3n) is 3.62. The first-order valence-electron chi connectivity index (χ1n) is 6.58. The van der Waals surface area contributed by atoms with E-state index >= 15 is 0 Å². The Balaban J connectivity index is 2.39. The summed E-state index contributed by atoms with van der Waals surface area (Å²) in [6, 6.07) is 18.6. The normalized spacial score (nSPS) is 12.9. The molecule has 0 aliphatic heterocycles. The largest absolute Gasteiger partial charge is 0.396 e. The van der Waals surface area contributed by atoms with Gasteiger partial charge in [0.2, 0.25) is 0 Å². The van der Waals surface area contributed by atoms with Crippen molar-refractivity contribution in [2.75, 3.05) is 6.61 Å². The predicted octanol–water partition coefficient (Wildman–Crippen LogP) is 3.38. The Hall–Kier alpha value is -1.90. The summed E-state index contributed by atoms with van der Waals surface area (Å²) in [6.07, 6.45) is 0.581. The molecule has 0 spiro atoms. The Labute approximate surface area is 112 Å². The molecular weight excluding hydrogens is 234 g/mol. The number of nitrogens with two attached hydrogens (primary N) is 1. The Morgan fingerprint density at radius 3 is 1.95 bits per heavy atom. The first kappa shape index (κ1) is 12.2. The monoisotopic (exact) mass is 251 g/mol. The van der Waals surface area contributed by atoms with Gasteiger partial charge in [-0.3, -0.25) is 0 Å². The van der Waals surface area contributed by atoms with Crippen LogP contribution in [0, 0.1) is 0 Å². The molecule has 2 heteroatoms. The van der Waals surface area contributed by atoms with E-state index in [9.17, 15) is 0 Å². The Morgan fingerprint density at radius 1 is 0.895 bits per heavy atom. The molecular formula is C17H17NO. The van der Waals surface area contributed by atoms with Crippen molar-refractivity contribution in [2.24, 2.45) is 5.73 Å². The lowest BCUT2D eigenvalue weighted by Gasteiger charge is -2.17. The van der Waals surface area contributed by atoms with Crippen molar-refractivity contribution in [1.29, 1.82) is 0 Å². The SMILES string of the molecule is N[C@H](CCO)c1c2ccccc2cc2ccccc12. The van der Waals surface area contributed by atoms with E-state index in [1.165, 1.54) is 21.5 Å². The molecule has 19 heavy (non-hydrogen) atoms. The van der Waals surface area contributed by atoms with E-state index in [2.05, 4.69) is 30.3 Å². The summed E-state index contributed by atoms with van der Waals surface area (Å²) < 4.78 is 0. The van der Waals surface area contributed by atoms with E-state index in [-0.39, 0.29) is 12.6 Å². The van der Waals surface area contributed by atoms with Crippen molar-refractivity contribution < 1.29 is 5.11 Å². The van der Waals surface area contributed by atoms with Gasteiger partial charge in [-0.1, -0.05) is 48.5 Å². The fourth-order valence-electron chi connectivity index (χ4n) is 2.73. The minimum absolute atomic E-state index is 0.110. The molecule has 0 unspecified atom stereocenters. The fourth-order valence-corrected chi connectivity index (χ4v) is 2.73. The zero-order valence-corrected chi connectivity index (χ0v) is 10.7. The van der Waals surface area contributed by atoms with Gasteiger partial charge in [-0.05, 0) is 39.6 Å². The van der Waals surface area contributed by atoms with Gasteiger partial charge in [-0.25, -0.2) is 0 Å². The third-order valence-corrected chi connectivity index (χ3v) is 3.62. The zero-order chi connectivity index (χ0) is 13.2. The van der Waals surface area contributed by atoms with Crippen LogP contribution in [0.2, 0.25) is 0 Å². The number of aliphatic hydroxyl groups excluding tert-OH is 1.